The minimum atomic E-state index is -1.05. The second-order valence-electron chi connectivity index (χ2n) is 4.35. The maximum Gasteiger partial charge on any atom is 0.314 e. The summed E-state index contributed by atoms with van der Waals surface area (Å²) in [6.07, 6.45) is 2.46. The first-order valence-corrected chi connectivity index (χ1v) is 4.82. The zero-order chi connectivity index (χ0) is 10.3. The van der Waals surface area contributed by atoms with E-state index in [-0.39, 0.29) is 18.6 Å². The Balaban J connectivity index is 2.30. The van der Waals surface area contributed by atoms with E-state index < -0.39 is 23.1 Å². The van der Waals surface area contributed by atoms with Crippen LogP contribution < -0.4 is 0 Å². The van der Waals surface area contributed by atoms with Crippen molar-refractivity contribution in [2.24, 2.45) is 11.3 Å². The van der Waals surface area contributed by atoms with Crippen LogP contribution in [-0.2, 0) is 14.4 Å². The van der Waals surface area contributed by atoms with Gasteiger partial charge in [-0.05, 0) is 18.3 Å². The SMILES string of the molecule is O=C1CC(=O)C(C(=O)O)C2(CCC2)C1. The van der Waals surface area contributed by atoms with Crippen molar-refractivity contribution < 1.29 is 19.5 Å². The summed E-state index contributed by atoms with van der Waals surface area (Å²) in [7, 11) is 0. The van der Waals surface area contributed by atoms with Gasteiger partial charge in [-0.25, -0.2) is 0 Å². The Labute approximate surface area is 81.3 Å². The average Bonchev–Trinajstić information content (AvgIpc) is 1.98. The van der Waals surface area contributed by atoms with Gasteiger partial charge in [0.1, 0.15) is 11.7 Å². The fourth-order valence-electron chi connectivity index (χ4n) is 2.69. The van der Waals surface area contributed by atoms with E-state index in [1.807, 2.05) is 0 Å². The lowest BCUT2D eigenvalue weighted by atomic mass is 9.54. The molecule has 2 rings (SSSR count). The number of carbonyl (C=O) groups is 3. The third-order valence-electron chi connectivity index (χ3n) is 3.45. The second-order valence-corrected chi connectivity index (χ2v) is 4.35. The minimum absolute atomic E-state index is 0.0906. The van der Waals surface area contributed by atoms with Crippen LogP contribution in [0, 0.1) is 11.3 Å². The summed E-state index contributed by atoms with van der Waals surface area (Å²) in [4.78, 5) is 33.6. The number of hydrogen-bond donors (Lipinski definition) is 1. The van der Waals surface area contributed by atoms with E-state index in [0.29, 0.717) is 12.8 Å². The number of aliphatic carboxylic acids is 1. The first-order chi connectivity index (χ1) is 6.55. The predicted molar refractivity (Wildman–Crippen MR) is 46.7 cm³/mol. The molecule has 2 fully saturated rings. The van der Waals surface area contributed by atoms with Gasteiger partial charge in [-0.3, -0.25) is 14.4 Å². The van der Waals surface area contributed by atoms with Gasteiger partial charge in [-0.2, -0.15) is 0 Å². The highest BCUT2D eigenvalue weighted by atomic mass is 16.4. The van der Waals surface area contributed by atoms with Gasteiger partial charge >= 0.3 is 5.97 Å². The molecule has 1 atom stereocenters. The first-order valence-electron chi connectivity index (χ1n) is 4.82. The van der Waals surface area contributed by atoms with Crippen LogP contribution in [0.25, 0.3) is 0 Å². The third-order valence-corrected chi connectivity index (χ3v) is 3.45. The van der Waals surface area contributed by atoms with E-state index in [1.165, 1.54) is 0 Å². The molecule has 1 N–H and O–H groups in total. The summed E-state index contributed by atoms with van der Waals surface area (Å²) in [6.45, 7) is 0. The summed E-state index contributed by atoms with van der Waals surface area (Å²) >= 11 is 0. The molecule has 4 heteroatoms. The number of carbonyl (C=O) groups excluding carboxylic acids is 2. The van der Waals surface area contributed by atoms with E-state index in [9.17, 15) is 14.4 Å². The monoisotopic (exact) mass is 196 g/mol. The summed E-state index contributed by atoms with van der Waals surface area (Å²) < 4.78 is 0. The van der Waals surface area contributed by atoms with Gasteiger partial charge in [0.25, 0.3) is 0 Å². The zero-order valence-corrected chi connectivity index (χ0v) is 7.78. The second kappa shape index (κ2) is 2.90. The Morgan fingerprint density at radius 2 is 2.00 bits per heavy atom. The molecule has 0 amide bonds. The largest absolute Gasteiger partial charge is 0.481 e. The van der Waals surface area contributed by atoms with Gasteiger partial charge in [0, 0.05) is 6.42 Å². The molecule has 0 aliphatic heterocycles. The molecule has 1 spiro atoms. The van der Waals surface area contributed by atoms with Crippen molar-refractivity contribution in [1.29, 1.82) is 0 Å². The number of carboxylic acids is 1. The van der Waals surface area contributed by atoms with Crippen LogP contribution >= 0.6 is 0 Å². The van der Waals surface area contributed by atoms with Crippen molar-refractivity contribution >= 4 is 17.5 Å². The topological polar surface area (TPSA) is 71.4 Å². The molecule has 2 aliphatic carbocycles. The Bertz CT molecular complexity index is 314. The van der Waals surface area contributed by atoms with Gasteiger partial charge < -0.3 is 5.11 Å². The summed E-state index contributed by atoms with van der Waals surface area (Å²) in [5.74, 6) is -2.46. The lowest BCUT2D eigenvalue weighted by molar-refractivity contribution is -0.161. The molecule has 0 saturated heterocycles. The number of Topliss-reactive ketones (excluding diaryl/α,β-unsaturated/α-hetero) is 2. The van der Waals surface area contributed by atoms with Gasteiger partial charge in [0.05, 0.1) is 6.42 Å². The standard InChI is InChI=1S/C10H12O4/c11-6-4-7(12)8(9(13)14)10(5-6)2-1-3-10/h8H,1-5H2,(H,13,14). The molecule has 76 valence electrons. The molecule has 4 nitrogen and oxygen atoms in total. The lowest BCUT2D eigenvalue weighted by Crippen LogP contribution is -2.50. The van der Waals surface area contributed by atoms with Crippen molar-refractivity contribution in [3.63, 3.8) is 0 Å². The Hall–Kier alpha value is -1.19. The molecule has 0 aromatic heterocycles. The number of ketones is 2. The fourth-order valence-corrected chi connectivity index (χ4v) is 2.69. The first kappa shape index (κ1) is 9.37. The van der Waals surface area contributed by atoms with Crippen LogP contribution in [-0.4, -0.2) is 22.6 Å². The zero-order valence-electron chi connectivity index (χ0n) is 7.78. The number of hydrogen-bond acceptors (Lipinski definition) is 3. The van der Waals surface area contributed by atoms with Crippen molar-refractivity contribution in [2.45, 2.75) is 32.1 Å². The highest BCUT2D eigenvalue weighted by molar-refractivity contribution is 6.11. The van der Waals surface area contributed by atoms with Crippen molar-refractivity contribution in [3.05, 3.63) is 0 Å². The van der Waals surface area contributed by atoms with E-state index in [0.717, 1.165) is 6.42 Å². The van der Waals surface area contributed by atoms with Crippen molar-refractivity contribution in [1.82, 2.24) is 0 Å². The molecule has 0 radical (unpaired) electrons. The van der Waals surface area contributed by atoms with Gasteiger partial charge in [-0.1, -0.05) is 6.42 Å². The van der Waals surface area contributed by atoms with E-state index in [4.69, 9.17) is 5.11 Å². The van der Waals surface area contributed by atoms with E-state index in [1.54, 1.807) is 0 Å². The molecular weight excluding hydrogens is 184 g/mol. The Morgan fingerprint density at radius 1 is 1.36 bits per heavy atom. The maximum atomic E-state index is 11.5. The highest BCUT2D eigenvalue weighted by Crippen LogP contribution is 2.53. The number of rotatable bonds is 1. The number of carboxylic acid groups (broad SMARTS) is 1. The van der Waals surface area contributed by atoms with Crippen LogP contribution in [0.5, 0.6) is 0 Å². The smallest absolute Gasteiger partial charge is 0.314 e. The van der Waals surface area contributed by atoms with Gasteiger partial charge in [-0.15, -0.1) is 0 Å². The molecule has 2 saturated carbocycles. The van der Waals surface area contributed by atoms with Crippen molar-refractivity contribution in [3.8, 4) is 0 Å². The van der Waals surface area contributed by atoms with Crippen LogP contribution in [0.1, 0.15) is 32.1 Å². The van der Waals surface area contributed by atoms with Crippen molar-refractivity contribution in [2.75, 3.05) is 0 Å². The van der Waals surface area contributed by atoms with Crippen LogP contribution in [0.3, 0.4) is 0 Å². The van der Waals surface area contributed by atoms with Crippen LogP contribution in [0.4, 0.5) is 0 Å². The predicted octanol–water partition coefficient (Wildman–Crippen LogP) is 0.789. The van der Waals surface area contributed by atoms with Gasteiger partial charge in [0.2, 0.25) is 0 Å². The summed E-state index contributed by atoms with van der Waals surface area (Å²) in [6, 6.07) is 0. The summed E-state index contributed by atoms with van der Waals surface area (Å²) in [5.41, 5.74) is -0.516. The van der Waals surface area contributed by atoms with E-state index in [2.05, 4.69) is 0 Å². The highest BCUT2D eigenvalue weighted by Gasteiger charge is 2.54. The quantitative estimate of drug-likeness (QED) is 0.629. The summed E-state index contributed by atoms with van der Waals surface area (Å²) in [5, 5.41) is 8.96. The Kier molecular flexibility index (Phi) is 1.94. The lowest BCUT2D eigenvalue weighted by Gasteiger charge is -2.47. The molecule has 0 heterocycles. The molecule has 14 heavy (non-hydrogen) atoms. The molecular formula is C10H12O4. The minimum Gasteiger partial charge on any atom is -0.481 e. The van der Waals surface area contributed by atoms with Crippen LogP contribution in [0.2, 0.25) is 0 Å². The molecule has 0 aromatic rings. The maximum absolute atomic E-state index is 11.5. The third kappa shape index (κ3) is 1.17. The fraction of sp³-hybridized carbons (Fsp3) is 0.700. The van der Waals surface area contributed by atoms with Crippen LogP contribution in [0.15, 0.2) is 0 Å². The van der Waals surface area contributed by atoms with E-state index >= 15 is 0 Å². The molecule has 0 bridgehead atoms. The Morgan fingerprint density at radius 3 is 2.43 bits per heavy atom. The normalized spacial score (nSPS) is 30.1. The molecule has 1 unspecified atom stereocenters. The van der Waals surface area contributed by atoms with Gasteiger partial charge in [0.15, 0.2) is 5.78 Å². The molecule has 0 aromatic carbocycles. The molecule has 2 aliphatic rings. The average molecular weight is 196 g/mol.